The molecule has 1 aromatic heterocycles. The van der Waals surface area contributed by atoms with Gasteiger partial charge in [0.1, 0.15) is 5.82 Å². The molecule has 100 valence electrons. The van der Waals surface area contributed by atoms with E-state index in [4.69, 9.17) is 0 Å². The van der Waals surface area contributed by atoms with Crippen LogP contribution in [0.3, 0.4) is 0 Å². The van der Waals surface area contributed by atoms with Crippen LogP contribution < -0.4 is 10.6 Å². The molecule has 0 spiro atoms. The third kappa shape index (κ3) is 5.97. The molecule has 1 heterocycles. The molecule has 0 fully saturated rings. The second kappa shape index (κ2) is 8.88. The number of nitrogens with one attached hydrogen (secondary N) is 2. The summed E-state index contributed by atoms with van der Waals surface area (Å²) in [5.74, 6) is 1.37. The van der Waals surface area contributed by atoms with Crippen molar-refractivity contribution in [3.63, 3.8) is 0 Å². The number of rotatable bonds is 8. The number of amides is 1. The van der Waals surface area contributed by atoms with E-state index in [1.165, 1.54) is 11.8 Å². The van der Waals surface area contributed by atoms with Gasteiger partial charge >= 0.3 is 0 Å². The van der Waals surface area contributed by atoms with Crippen LogP contribution in [0.15, 0.2) is 18.5 Å². The molecule has 1 rings (SSSR count). The Balaban J connectivity index is 2.25. The van der Waals surface area contributed by atoms with Crippen LogP contribution in [0.2, 0.25) is 0 Å². The third-order valence-electron chi connectivity index (χ3n) is 2.43. The number of carbonyl (C=O) groups is 1. The van der Waals surface area contributed by atoms with Crippen LogP contribution in [0.5, 0.6) is 0 Å². The van der Waals surface area contributed by atoms with Gasteiger partial charge < -0.3 is 10.6 Å². The van der Waals surface area contributed by atoms with Crippen LogP contribution in [0.1, 0.15) is 19.2 Å². The molecule has 2 N–H and O–H groups in total. The molecule has 0 aromatic carbocycles. The van der Waals surface area contributed by atoms with E-state index in [9.17, 15) is 4.79 Å². The van der Waals surface area contributed by atoms with Gasteiger partial charge in [0, 0.05) is 25.0 Å². The molecule has 1 amide bonds. The van der Waals surface area contributed by atoms with Crippen LogP contribution in [0, 0.1) is 0 Å². The number of aromatic nitrogens is 2. The number of carbonyl (C=O) groups excluding carboxylic acids is 1. The summed E-state index contributed by atoms with van der Waals surface area (Å²) in [6.07, 6.45) is 6.28. The highest BCUT2D eigenvalue weighted by molar-refractivity contribution is 7.99. The molecule has 5 nitrogen and oxygen atoms in total. The second-order valence-corrected chi connectivity index (χ2v) is 4.77. The highest BCUT2D eigenvalue weighted by Gasteiger charge is 2.09. The van der Waals surface area contributed by atoms with Crippen molar-refractivity contribution in [2.75, 3.05) is 18.6 Å². The SMILES string of the molecule is CC[C@@H](CNCc1ncccn1)NC(=O)CSC. The molecular formula is C12H20N4OS. The highest BCUT2D eigenvalue weighted by Crippen LogP contribution is 1.95. The van der Waals surface area contributed by atoms with Gasteiger partial charge in [0.15, 0.2) is 0 Å². The third-order valence-corrected chi connectivity index (χ3v) is 2.98. The predicted octanol–water partition coefficient (Wildman–Crippen LogP) is 0.824. The minimum Gasteiger partial charge on any atom is -0.351 e. The zero-order valence-electron chi connectivity index (χ0n) is 10.8. The van der Waals surface area contributed by atoms with Gasteiger partial charge in [-0.3, -0.25) is 4.79 Å². The molecule has 18 heavy (non-hydrogen) atoms. The predicted molar refractivity (Wildman–Crippen MR) is 74.3 cm³/mol. The Kier molecular flexibility index (Phi) is 7.36. The van der Waals surface area contributed by atoms with Crippen molar-refractivity contribution in [2.24, 2.45) is 0 Å². The summed E-state index contributed by atoms with van der Waals surface area (Å²) in [6, 6.07) is 1.95. The highest BCUT2D eigenvalue weighted by atomic mass is 32.2. The first kappa shape index (κ1) is 14.9. The van der Waals surface area contributed by atoms with Crippen LogP contribution in [0.4, 0.5) is 0 Å². The van der Waals surface area contributed by atoms with Gasteiger partial charge in [0.05, 0.1) is 12.3 Å². The largest absolute Gasteiger partial charge is 0.351 e. The van der Waals surface area contributed by atoms with Crippen LogP contribution in [-0.2, 0) is 11.3 Å². The molecule has 0 bridgehead atoms. The van der Waals surface area contributed by atoms with E-state index in [0.717, 1.165) is 18.8 Å². The standard InChI is InChI=1S/C12H20N4OS/c1-3-10(16-12(17)9-18-2)7-13-8-11-14-5-4-6-15-11/h4-6,10,13H,3,7-9H2,1-2H3,(H,16,17)/t10-/m0/s1. The van der Waals surface area contributed by atoms with E-state index in [2.05, 4.69) is 27.5 Å². The molecule has 0 aliphatic heterocycles. The lowest BCUT2D eigenvalue weighted by atomic mass is 10.2. The Morgan fingerprint density at radius 3 is 2.78 bits per heavy atom. The Morgan fingerprint density at radius 1 is 1.44 bits per heavy atom. The molecule has 0 radical (unpaired) electrons. The Hall–Kier alpha value is -1.14. The fourth-order valence-electron chi connectivity index (χ4n) is 1.48. The lowest BCUT2D eigenvalue weighted by Crippen LogP contribution is -2.42. The normalized spacial score (nSPS) is 12.1. The van der Waals surface area contributed by atoms with Gasteiger partial charge in [-0.1, -0.05) is 6.92 Å². The molecule has 1 atom stereocenters. The van der Waals surface area contributed by atoms with Crippen molar-refractivity contribution in [1.82, 2.24) is 20.6 Å². The number of hydrogen-bond donors (Lipinski definition) is 2. The lowest BCUT2D eigenvalue weighted by Gasteiger charge is -2.17. The summed E-state index contributed by atoms with van der Waals surface area (Å²) in [4.78, 5) is 19.7. The lowest BCUT2D eigenvalue weighted by molar-refractivity contribution is -0.119. The van der Waals surface area contributed by atoms with Gasteiger partial charge in [-0.05, 0) is 18.7 Å². The topological polar surface area (TPSA) is 66.9 Å². The van der Waals surface area contributed by atoms with Crippen molar-refractivity contribution < 1.29 is 4.79 Å². The summed E-state index contributed by atoms with van der Waals surface area (Å²) in [7, 11) is 0. The average molecular weight is 268 g/mol. The maximum Gasteiger partial charge on any atom is 0.230 e. The van der Waals surface area contributed by atoms with Crippen molar-refractivity contribution in [2.45, 2.75) is 25.9 Å². The van der Waals surface area contributed by atoms with E-state index >= 15 is 0 Å². The summed E-state index contributed by atoms with van der Waals surface area (Å²) in [5, 5.41) is 6.24. The smallest absolute Gasteiger partial charge is 0.230 e. The summed E-state index contributed by atoms with van der Waals surface area (Å²) in [6.45, 7) is 3.41. The van der Waals surface area contributed by atoms with Crippen molar-refractivity contribution in [1.29, 1.82) is 0 Å². The average Bonchev–Trinajstić information content (AvgIpc) is 2.39. The Morgan fingerprint density at radius 2 is 2.17 bits per heavy atom. The van der Waals surface area contributed by atoms with Crippen molar-refractivity contribution in [3.8, 4) is 0 Å². The molecule has 6 heteroatoms. The van der Waals surface area contributed by atoms with E-state index in [1.807, 2.05) is 6.26 Å². The molecule has 0 saturated carbocycles. The monoisotopic (exact) mass is 268 g/mol. The van der Waals surface area contributed by atoms with Crippen LogP contribution in [0.25, 0.3) is 0 Å². The van der Waals surface area contributed by atoms with Gasteiger partial charge in [0.2, 0.25) is 5.91 Å². The molecule has 0 aliphatic rings. The number of hydrogen-bond acceptors (Lipinski definition) is 5. The van der Waals surface area contributed by atoms with Gasteiger partial charge in [0.25, 0.3) is 0 Å². The zero-order valence-corrected chi connectivity index (χ0v) is 11.7. The number of nitrogens with zero attached hydrogens (tertiary/aromatic N) is 2. The van der Waals surface area contributed by atoms with Gasteiger partial charge in [-0.15, -0.1) is 0 Å². The first-order valence-electron chi connectivity index (χ1n) is 6.01. The van der Waals surface area contributed by atoms with E-state index < -0.39 is 0 Å². The summed E-state index contributed by atoms with van der Waals surface area (Å²) in [5.41, 5.74) is 0. The summed E-state index contributed by atoms with van der Waals surface area (Å²) < 4.78 is 0. The van der Waals surface area contributed by atoms with E-state index in [-0.39, 0.29) is 11.9 Å². The van der Waals surface area contributed by atoms with Gasteiger partial charge in [-0.25, -0.2) is 9.97 Å². The van der Waals surface area contributed by atoms with Crippen LogP contribution in [-0.4, -0.2) is 40.5 Å². The first-order chi connectivity index (χ1) is 8.76. The van der Waals surface area contributed by atoms with E-state index in [0.29, 0.717) is 12.3 Å². The van der Waals surface area contributed by atoms with Crippen LogP contribution >= 0.6 is 11.8 Å². The maximum absolute atomic E-state index is 11.5. The number of thioether (sulfide) groups is 1. The first-order valence-corrected chi connectivity index (χ1v) is 7.40. The minimum absolute atomic E-state index is 0.0899. The molecule has 0 saturated heterocycles. The van der Waals surface area contributed by atoms with Crippen molar-refractivity contribution >= 4 is 17.7 Å². The maximum atomic E-state index is 11.5. The quantitative estimate of drug-likeness (QED) is 0.731. The molecular weight excluding hydrogens is 248 g/mol. The fraction of sp³-hybridized carbons (Fsp3) is 0.583. The Bertz CT molecular complexity index is 347. The second-order valence-electron chi connectivity index (χ2n) is 3.90. The summed E-state index contributed by atoms with van der Waals surface area (Å²) >= 11 is 1.53. The van der Waals surface area contributed by atoms with Gasteiger partial charge in [-0.2, -0.15) is 11.8 Å². The van der Waals surface area contributed by atoms with Crippen molar-refractivity contribution in [3.05, 3.63) is 24.3 Å². The molecule has 1 aromatic rings. The van der Waals surface area contributed by atoms with E-state index in [1.54, 1.807) is 18.5 Å². The zero-order chi connectivity index (χ0) is 13.2. The Labute approximate surface area is 112 Å². The minimum atomic E-state index is 0.0899. The molecule has 0 aliphatic carbocycles. The fourth-order valence-corrected chi connectivity index (χ4v) is 1.82. The molecule has 0 unspecified atom stereocenters.